The van der Waals surface area contributed by atoms with Crippen molar-refractivity contribution in [3.05, 3.63) is 72.2 Å². The molecular formula is C32H45N5O2SSi. The van der Waals surface area contributed by atoms with Crippen molar-refractivity contribution >= 4 is 30.2 Å². The van der Waals surface area contributed by atoms with E-state index in [0.717, 1.165) is 52.1 Å². The van der Waals surface area contributed by atoms with Crippen LogP contribution in [0, 0.1) is 0 Å². The molecule has 0 bridgehead atoms. The zero-order chi connectivity index (χ0) is 30.0. The van der Waals surface area contributed by atoms with E-state index in [2.05, 4.69) is 74.9 Å². The molecule has 0 saturated heterocycles. The average molecular weight is 592 g/mol. The Balaban J connectivity index is 1.64. The summed E-state index contributed by atoms with van der Waals surface area (Å²) in [6.45, 7) is 19.8. The molecule has 0 spiro atoms. The molecule has 9 heteroatoms. The topological polar surface area (TPSA) is 81.9 Å². The van der Waals surface area contributed by atoms with E-state index in [0.29, 0.717) is 6.61 Å². The van der Waals surface area contributed by atoms with E-state index in [1.54, 1.807) is 0 Å². The van der Waals surface area contributed by atoms with E-state index in [1.807, 2.05) is 62.1 Å². The lowest BCUT2D eigenvalue weighted by Crippen LogP contribution is -2.40. The van der Waals surface area contributed by atoms with Crippen LogP contribution in [0.1, 0.15) is 78.6 Å². The van der Waals surface area contributed by atoms with Crippen molar-refractivity contribution in [2.24, 2.45) is 0 Å². The molecular weight excluding hydrogens is 547 g/mol. The minimum absolute atomic E-state index is 0.0171. The predicted molar refractivity (Wildman–Crippen MR) is 173 cm³/mol. The molecule has 0 aliphatic heterocycles. The second-order valence-corrected chi connectivity index (χ2v) is 20.0. The lowest BCUT2D eigenvalue weighted by Gasteiger charge is -2.36. The van der Waals surface area contributed by atoms with Crippen molar-refractivity contribution in [3.8, 4) is 17.1 Å². The first kappa shape index (κ1) is 31.2. The normalized spacial score (nSPS) is 14.4. The molecule has 7 nitrogen and oxygen atoms in total. The summed E-state index contributed by atoms with van der Waals surface area (Å²) in [5, 5.41) is 5.84. The van der Waals surface area contributed by atoms with Gasteiger partial charge in [-0.05, 0) is 81.2 Å². The van der Waals surface area contributed by atoms with Gasteiger partial charge in [0, 0.05) is 23.2 Å². The Hall–Kier alpha value is -2.72. The molecule has 0 fully saturated rings. The number of pyridine rings is 2. The van der Waals surface area contributed by atoms with Gasteiger partial charge in [0.05, 0.1) is 45.4 Å². The molecule has 0 aliphatic rings. The maximum absolute atomic E-state index is 12.9. The van der Waals surface area contributed by atoms with Gasteiger partial charge in [-0.1, -0.05) is 52.3 Å². The third-order valence-electron chi connectivity index (χ3n) is 7.83. The van der Waals surface area contributed by atoms with E-state index < -0.39 is 19.3 Å². The Bertz CT molecular complexity index is 1520. The number of hydrogen-bond acceptors (Lipinski definition) is 5. The Morgan fingerprint density at radius 1 is 1.05 bits per heavy atom. The minimum Gasteiger partial charge on any atom is -0.411 e. The molecule has 41 heavy (non-hydrogen) atoms. The van der Waals surface area contributed by atoms with Crippen LogP contribution in [-0.4, -0.2) is 37.0 Å². The van der Waals surface area contributed by atoms with Crippen molar-refractivity contribution in [3.63, 3.8) is 0 Å². The summed E-state index contributed by atoms with van der Waals surface area (Å²) in [6.07, 6.45) is 5.57. The first-order valence-corrected chi connectivity index (χ1v) is 18.5. The lowest BCUT2D eigenvalue weighted by atomic mass is 10.0. The van der Waals surface area contributed by atoms with Crippen LogP contribution in [0.3, 0.4) is 0 Å². The van der Waals surface area contributed by atoms with E-state index in [-0.39, 0.29) is 15.8 Å². The Kier molecular flexibility index (Phi) is 9.33. The fourth-order valence-electron chi connectivity index (χ4n) is 4.21. The molecule has 4 aromatic rings. The molecule has 0 aliphatic carbocycles. The van der Waals surface area contributed by atoms with Gasteiger partial charge in [0.1, 0.15) is 0 Å². The third kappa shape index (κ3) is 7.38. The van der Waals surface area contributed by atoms with Gasteiger partial charge in [-0.25, -0.2) is 18.6 Å². The molecule has 220 valence electrons. The Labute approximate surface area is 248 Å². The van der Waals surface area contributed by atoms with Gasteiger partial charge in [0.15, 0.2) is 14.1 Å². The summed E-state index contributed by atoms with van der Waals surface area (Å²) < 4.78 is 24.2. The summed E-state index contributed by atoms with van der Waals surface area (Å²) in [5.41, 5.74) is 4.79. The summed E-state index contributed by atoms with van der Waals surface area (Å²) in [4.78, 5) is 9.60. The summed E-state index contributed by atoms with van der Waals surface area (Å²) in [7, 11) is -3.05. The standard InChI is InChI=1S/C32H45N5O2SSi/c1-10-12-27(36-40(38)31(2,3)4)24-17-18-33-28(19-24)23-15-16-25-21-34-37(29(25)20-23)30-14-11-13-26(35-30)22-39-41(8,9)32(5,6)7/h11,13-21,27,36H,10,12,22H2,1-9H3/t27-,40-/m0/s1. The number of benzene rings is 1. The summed E-state index contributed by atoms with van der Waals surface area (Å²) in [5.74, 6) is 0.757. The fraction of sp³-hybridized carbons (Fsp3) is 0.469. The van der Waals surface area contributed by atoms with Crippen LogP contribution in [0.2, 0.25) is 18.1 Å². The number of fused-ring (bicyclic) bond motifs is 1. The van der Waals surface area contributed by atoms with Gasteiger partial charge in [0.25, 0.3) is 0 Å². The van der Waals surface area contributed by atoms with Crippen LogP contribution < -0.4 is 4.72 Å². The highest BCUT2D eigenvalue weighted by Crippen LogP contribution is 2.37. The van der Waals surface area contributed by atoms with E-state index in [4.69, 9.17) is 14.4 Å². The summed E-state index contributed by atoms with van der Waals surface area (Å²) in [6, 6.07) is 16.4. The molecule has 0 saturated carbocycles. The SMILES string of the molecule is CCC[C@H](N[S@@](=O)C(C)(C)C)c1ccnc(-c2ccc3cnn(-c4cccc(CO[Si](C)(C)C(C)(C)C)n4)c3c2)c1. The minimum atomic E-state index is -1.89. The number of aromatic nitrogens is 4. The maximum Gasteiger partial charge on any atom is 0.192 e. The number of hydrogen-bond donors (Lipinski definition) is 1. The Morgan fingerprint density at radius 3 is 2.49 bits per heavy atom. The van der Waals surface area contributed by atoms with Crippen molar-refractivity contribution in [1.29, 1.82) is 0 Å². The highest BCUT2D eigenvalue weighted by molar-refractivity contribution is 7.84. The van der Waals surface area contributed by atoms with Crippen molar-refractivity contribution in [2.75, 3.05) is 0 Å². The van der Waals surface area contributed by atoms with Crippen LogP contribution in [0.5, 0.6) is 0 Å². The van der Waals surface area contributed by atoms with Gasteiger partial charge in [0.2, 0.25) is 0 Å². The van der Waals surface area contributed by atoms with Crippen molar-refractivity contribution < 1.29 is 8.63 Å². The van der Waals surface area contributed by atoms with Gasteiger partial charge >= 0.3 is 0 Å². The maximum atomic E-state index is 12.9. The second-order valence-electron chi connectivity index (χ2n) is 13.2. The average Bonchev–Trinajstić information content (AvgIpc) is 3.34. The number of nitrogens with one attached hydrogen (secondary N) is 1. The third-order valence-corrected chi connectivity index (χ3v) is 13.9. The highest BCUT2D eigenvalue weighted by atomic mass is 32.2. The zero-order valence-corrected chi connectivity index (χ0v) is 27.8. The number of nitrogens with zero attached hydrogens (tertiary/aromatic N) is 4. The molecule has 2 atom stereocenters. The van der Waals surface area contributed by atoms with Crippen molar-refractivity contribution in [1.82, 2.24) is 24.5 Å². The van der Waals surface area contributed by atoms with E-state index in [1.165, 1.54) is 0 Å². The van der Waals surface area contributed by atoms with Gasteiger partial charge in [-0.15, -0.1) is 0 Å². The molecule has 0 unspecified atom stereocenters. The van der Waals surface area contributed by atoms with Crippen LogP contribution in [0.15, 0.2) is 60.9 Å². The van der Waals surface area contributed by atoms with Crippen LogP contribution in [0.4, 0.5) is 0 Å². The molecule has 4 rings (SSSR count). The number of rotatable bonds is 10. The smallest absolute Gasteiger partial charge is 0.192 e. The van der Waals surface area contributed by atoms with Crippen molar-refractivity contribution in [2.45, 2.75) is 96.8 Å². The Morgan fingerprint density at radius 2 is 1.80 bits per heavy atom. The molecule has 1 aromatic carbocycles. The van der Waals surface area contributed by atoms with Crippen LogP contribution in [0.25, 0.3) is 28.0 Å². The van der Waals surface area contributed by atoms with Crippen LogP contribution in [-0.2, 0) is 22.0 Å². The highest BCUT2D eigenvalue weighted by Gasteiger charge is 2.37. The molecule has 3 aromatic heterocycles. The van der Waals surface area contributed by atoms with E-state index in [9.17, 15) is 4.21 Å². The van der Waals surface area contributed by atoms with Gasteiger partial charge in [-0.2, -0.15) is 5.10 Å². The van der Waals surface area contributed by atoms with Crippen LogP contribution >= 0.6 is 0 Å². The van der Waals surface area contributed by atoms with Gasteiger partial charge in [-0.3, -0.25) is 4.98 Å². The zero-order valence-electron chi connectivity index (χ0n) is 26.0. The summed E-state index contributed by atoms with van der Waals surface area (Å²) >= 11 is 0. The molecule has 3 heterocycles. The molecule has 1 N–H and O–H groups in total. The first-order chi connectivity index (χ1) is 19.2. The second kappa shape index (κ2) is 12.3. The predicted octanol–water partition coefficient (Wildman–Crippen LogP) is 7.90. The quantitative estimate of drug-likeness (QED) is 0.190. The van der Waals surface area contributed by atoms with E-state index >= 15 is 0 Å². The fourth-order valence-corrected chi connectivity index (χ4v) is 6.01. The lowest BCUT2D eigenvalue weighted by molar-refractivity contribution is 0.272. The largest absolute Gasteiger partial charge is 0.411 e. The molecule has 0 amide bonds. The molecule has 0 radical (unpaired) electrons. The van der Waals surface area contributed by atoms with Gasteiger partial charge < -0.3 is 4.43 Å². The first-order valence-electron chi connectivity index (χ1n) is 14.4. The monoisotopic (exact) mass is 591 g/mol.